The number of aromatic amines is 1. The lowest BCUT2D eigenvalue weighted by atomic mass is 10.1. The number of rotatable bonds is 2. The van der Waals surface area contributed by atoms with Crippen LogP contribution in [0.2, 0.25) is 0 Å². The molecule has 3 nitrogen and oxygen atoms in total. The fourth-order valence-corrected chi connectivity index (χ4v) is 1.54. The second kappa shape index (κ2) is 3.87. The molecule has 0 aliphatic carbocycles. The fourth-order valence-electron chi connectivity index (χ4n) is 0.961. The second-order valence-corrected chi connectivity index (χ2v) is 2.98. The number of nitrogen functional groups attached to an aromatic ring is 1. The Balaban J connectivity index is 3.38. The fraction of sp³-hybridized carbons (Fsp3) is 0.286. The normalized spacial score (nSPS) is 10.8. The SMILES string of the molecule is Nc1cc(C(F)F)c(CBr)c(=O)[nH]1. The van der Waals surface area contributed by atoms with E-state index in [1.54, 1.807) is 0 Å². The topological polar surface area (TPSA) is 58.9 Å². The third-order valence-electron chi connectivity index (χ3n) is 1.56. The zero-order valence-corrected chi connectivity index (χ0v) is 8.07. The molecule has 1 aromatic rings. The average Bonchev–Trinajstić information content (AvgIpc) is 2.02. The van der Waals surface area contributed by atoms with Crippen molar-refractivity contribution in [2.45, 2.75) is 11.8 Å². The highest BCUT2D eigenvalue weighted by atomic mass is 79.9. The van der Waals surface area contributed by atoms with Gasteiger partial charge in [-0.25, -0.2) is 8.78 Å². The first-order valence-corrected chi connectivity index (χ1v) is 4.54. The maximum atomic E-state index is 12.3. The van der Waals surface area contributed by atoms with E-state index in [-0.39, 0.29) is 22.3 Å². The number of pyridine rings is 1. The molecule has 0 aliphatic rings. The molecule has 0 unspecified atom stereocenters. The van der Waals surface area contributed by atoms with Crippen LogP contribution in [-0.2, 0) is 5.33 Å². The molecule has 1 rings (SSSR count). The number of nitrogens with one attached hydrogen (secondary N) is 1. The Labute approximate surface area is 81.1 Å². The van der Waals surface area contributed by atoms with Crippen molar-refractivity contribution in [3.63, 3.8) is 0 Å². The molecule has 0 bridgehead atoms. The van der Waals surface area contributed by atoms with Crippen LogP contribution in [-0.4, -0.2) is 4.98 Å². The highest BCUT2D eigenvalue weighted by Gasteiger charge is 2.15. The summed E-state index contributed by atoms with van der Waals surface area (Å²) >= 11 is 2.96. The number of anilines is 1. The lowest BCUT2D eigenvalue weighted by Gasteiger charge is -2.05. The van der Waals surface area contributed by atoms with Crippen molar-refractivity contribution in [2.24, 2.45) is 0 Å². The van der Waals surface area contributed by atoms with Gasteiger partial charge in [0.25, 0.3) is 12.0 Å². The van der Waals surface area contributed by atoms with Crippen LogP contribution in [0.5, 0.6) is 0 Å². The minimum Gasteiger partial charge on any atom is -0.385 e. The van der Waals surface area contributed by atoms with Crippen molar-refractivity contribution in [2.75, 3.05) is 5.73 Å². The van der Waals surface area contributed by atoms with Gasteiger partial charge < -0.3 is 10.7 Å². The molecule has 1 aromatic heterocycles. The minimum atomic E-state index is -2.68. The van der Waals surface area contributed by atoms with Crippen LogP contribution in [0.25, 0.3) is 0 Å². The van der Waals surface area contributed by atoms with E-state index in [4.69, 9.17) is 5.73 Å². The Morgan fingerprint density at radius 2 is 2.23 bits per heavy atom. The van der Waals surface area contributed by atoms with Gasteiger partial charge in [-0.2, -0.15) is 0 Å². The summed E-state index contributed by atoms with van der Waals surface area (Å²) in [4.78, 5) is 13.3. The van der Waals surface area contributed by atoms with Gasteiger partial charge in [-0.1, -0.05) is 15.9 Å². The summed E-state index contributed by atoms with van der Waals surface area (Å²) in [7, 11) is 0. The molecule has 13 heavy (non-hydrogen) atoms. The van der Waals surface area contributed by atoms with E-state index in [9.17, 15) is 13.6 Å². The quantitative estimate of drug-likeness (QED) is 0.789. The molecule has 0 fully saturated rings. The van der Waals surface area contributed by atoms with Gasteiger partial charge in [0, 0.05) is 16.5 Å². The molecule has 0 saturated carbocycles. The van der Waals surface area contributed by atoms with Crippen LogP contribution in [0, 0.1) is 0 Å². The van der Waals surface area contributed by atoms with Gasteiger partial charge in [0.2, 0.25) is 0 Å². The Morgan fingerprint density at radius 3 is 2.69 bits per heavy atom. The van der Waals surface area contributed by atoms with Gasteiger partial charge in [-0.15, -0.1) is 0 Å². The van der Waals surface area contributed by atoms with E-state index >= 15 is 0 Å². The molecule has 0 radical (unpaired) electrons. The maximum Gasteiger partial charge on any atom is 0.264 e. The number of hydrogen-bond donors (Lipinski definition) is 2. The van der Waals surface area contributed by atoms with Crippen molar-refractivity contribution in [3.05, 3.63) is 27.5 Å². The standard InChI is InChI=1S/C7H7BrF2N2O/c8-2-4-3(6(9)10)1-5(11)12-7(4)13/h1,6H,2H2,(H3,11,12,13). The van der Waals surface area contributed by atoms with Gasteiger partial charge >= 0.3 is 0 Å². The van der Waals surface area contributed by atoms with E-state index < -0.39 is 12.0 Å². The van der Waals surface area contributed by atoms with Gasteiger partial charge in [-0.05, 0) is 6.07 Å². The molecule has 0 amide bonds. The lowest BCUT2D eigenvalue weighted by molar-refractivity contribution is 0.150. The number of alkyl halides is 3. The van der Waals surface area contributed by atoms with Crippen LogP contribution in [0.15, 0.2) is 10.9 Å². The van der Waals surface area contributed by atoms with E-state index in [2.05, 4.69) is 20.9 Å². The molecule has 1 heterocycles. The molecule has 0 spiro atoms. The van der Waals surface area contributed by atoms with Crippen molar-refractivity contribution in [3.8, 4) is 0 Å². The highest BCUT2D eigenvalue weighted by Crippen LogP contribution is 2.23. The Morgan fingerprint density at radius 1 is 1.62 bits per heavy atom. The monoisotopic (exact) mass is 252 g/mol. The highest BCUT2D eigenvalue weighted by molar-refractivity contribution is 9.08. The van der Waals surface area contributed by atoms with Crippen molar-refractivity contribution < 1.29 is 8.78 Å². The summed E-state index contributed by atoms with van der Waals surface area (Å²) in [5.74, 6) is -0.0509. The van der Waals surface area contributed by atoms with Crippen LogP contribution < -0.4 is 11.3 Å². The molecule has 6 heteroatoms. The minimum absolute atomic E-state index is 0.0178. The Kier molecular flexibility index (Phi) is 3.02. The molecular weight excluding hydrogens is 246 g/mol. The zero-order valence-electron chi connectivity index (χ0n) is 6.48. The van der Waals surface area contributed by atoms with E-state index in [0.717, 1.165) is 6.07 Å². The number of hydrogen-bond acceptors (Lipinski definition) is 2. The van der Waals surface area contributed by atoms with Gasteiger partial charge in [0.15, 0.2) is 0 Å². The van der Waals surface area contributed by atoms with Gasteiger partial charge in [-0.3, -0.25) is 4.79 Å². The van der Waals surface area contributed by atoms with Crippen molar-refractivity contribution >= 4 is 21.7 Å². The van der Waals surface area contributed by atoms with E-state index in [1.807, 2.05) is 0 Å². The van der Waals surface area contributed by atoms with Crippen LogP contribution >= 0.6 is 15.9 Å². The second-order valence-electron chi connectivity index (χ2n) is 2.42. The third-order valence-corrected chi connectivity index (χ3v) is 2.12. The van der Waals surface area contributed by atoms with Crippen LogP contribution in [0.3, 0.4) is 0 Å². The molecule has 3 N–H and O–H groups in total. The smallest absolute Gasteiger partial charge is 0.264 e. The summed E-state index contributed by atoms with van der Waals surface area (Å²) in [6.07, 6.45) is -2.68. The molecular formula is C7H7BrF2N2O. The number of halogens is 3. The first kappa shape index (κ1) is 10.2. The molecule has 0 aromatic carbocycles. The third kappa shape index (κ3) is 2.06. The van der Waals surface area contributed by atoms with Crippen LogP contribution in [0.1, 0.15) is 17.6 Å². The van der Waals surface area contributed by atoms with E-state index in [1.165, 1.54) is 0 Å². The number of H-pyrrole nitrogens is 1. The van der Waals surface area contributed by atoms with Gasteiger partial charge in [0.05, 0.1) is 0 Å². The first-order valence-electron chi connectivity index (χ1n) is 3.42. The summed E-state index contributed by atoms with van der Waals surface area (Å²) in [6.45, 7) is 0. The zero-order chi connectivity index (χ0) is 10.0. The summed E-state index contributed by atoms with van der Waals surface area (Å²) in [5, 5.41) is 0.0856. The van der Waals surface area contributed by atoms with Gasteiger partial charge in [0.1, 0.15) is 5.82 Å². The predicted octanol–water partition coefficient (Wildman–Crippen LogP) is 1.79. The average molecular weight is 253 g/mol. The Hall–Kier alpha value is -0.910. The maximum absolute atomic E-state index is 12.3. The molecule has 0 saturated heterocycles. The number of nitrogens with two attached hydrogens (primary N) is 1. The largest absolute Gasteiger partial charge is 0.385 e. The van der Waals surface area contributed by atoms with Crippen molar-refractivity contribution in [1.82, 2.24) is 4.98 Å². The lowest BCUT2D eigenvalue weighted by Crippen LogP contribution is -2.16. The molecule has 0 atom stereocenters. The molecule has 72 valence electrons. The summed E-state index contributed by atoms with van der Waals surface area (Å²) < 4.78 is 24.7. The Bertz CT molecular complexity index is 364. The summed E-state index contributed by atoms with van der Waals surface area (Å²) in [5.41, 5.74) is 4.34. The van der Waals surface area contributed by atoms with E-state index in [0.29, 0.717) is 0 Å². The predicted molar refractivity (Wildman–Crippen MR) is 49.1 cm³/mol. The number of aromatic nitrogens is 1. The first-order chi connectivity index (χ1) is 6.06. The summed E-state index contributed by atoms with van der Waals surface area (Å²) in [6, 6.07) is 1.07. The van der Waals surface area contributed by atoms with Crippen LogP contribution in [0.4, 0.5) is 14.6 Å². The van der Waals surface area contributed by atoms with Crippen molar-refractivity contribution in [1.29, 1.82) is 0 Å². The molecule has 0 aliphatic heterocycles.